The van der Waals surface area contributed by atoms with Gasteiger partial charge in [-0.1, -0.05) is 39.0 Å². The molecule has 1 N–H and O–H groups in total. The van der Waals surface area contributed by atoms with Crippen molar-refractivity contribution in [3.05, 3.63) is 41.6 Å². The van der Waals surface area contributed by atoms with Crippen molar-refractivity contribution in [3.63, 3.8) is 0 Å². The van der Waals surface area contributed by atoms with Crippen molar-refractivity contribution in [2.75, 3.05) is 18.5 Å². The van der Waals surface area contributed by atoms with Crippen molar-refractivity contribution >= 4 is 11.7 Å². The number of benzene rings is 1. The molecule has 0 bridgehead atoms. The van der Waals surface area contributed by atoms with E-state index in [1.165, 1.54) is 0 Å². The van der Waals surface area contributed by atoms with Crippen LogP contribution < -0.4 is 5.32 Å². The Kier molecular flexibility index (Phi) is 4.95. The van der Waals surface area contributed by atoms with Gasteiger partial charge in [0.25, 0.3) is 0 Å². The zero-order valence-corrected chi connectivity index (χ0v) is 15.5. The fraction of sp³-hybridized carbons (Fsp3) is 0.500. The van der Waals surface area contributed by atoms with Gasteiger partial charge >= 0.3 is 0 Å². The SMILES string of the molecule is Cc1c(C(C)(C)C)nn(-c2ccccc2)c1NC(=O)C1CCOCC1. The molecule has 1 saturated heterocycles. The molecule has 1 fully saturated rings. The Labute approximate surface area is 149 Å². The second-order valence-electron chi connectivity index (χ2n) is 7.70. The number of carbonyl (C=O) groups excluding carboxylic acids is 1. The van der Waals surface area contributed by atoms with Crippen LogP contribution in [0.2, 0.25) is 0 Å². The first-order valence-corrected chi connectivity index (χ1v) is 8.92. The van der Waals surface area contributed by atoms with Crippen molar-refractivity contribution < 1.29 is 9.53 Å². The molecule has 0 atom stereocenters. The van der Waals surface area contributed by atoms with Gasteiger partial charge in [0.2, 0.25) is 5.91 Å². The molecule has 1 amide bonds. The third-order valence-electron chi connectivity index (χ3n) is 4.67. The summed E-state index contributed by atoms with van der Waals surface area (Å²) in [6.45, 7) is 9.77. The summed E-state index contributed by atoms with van der Waals surface area (Å²) in [4.78, 5) is 12.8. The summed E-state index contributed by atoms with van der Waals surface area (Å²) in [5.41, 5.74) is 2.88. The molecule has 0 unspecified atom stereocenters. The van der Waals surface area contributed by atoms with Crippen LogP contribution >= 0.6 is 0 Å². The van der Waals surface area contributed by atoms with E-state index in [0.29, 0.717) is 13.2 Å². The number of nitrogens with one attached hydrogen (secondary N) is 1. The zero-order chi connectivity index (χ0) is 18.0. The van der Waals surface area contributed by atoms with Crippen molar-refractivity contribution in [2.45, 2.75) is 46.0 Å². The number of aromatic nitrogens is 2. The van der Waals surface area contributed by atoms with Gasteiger partial charge in [-0.3, -0.25) is 4.79 Å². The second-order valence-corrected chi connectivity index (χ2v) is 7.70. The average Bonchev–Trinajstić information content (AvgIpc) is 2.93. The number of hydrogen-bond donors (Lipinski definition) is 1. The normalized spacial score (nSPS) is 16.0. The lowest BCUT2D eigenvalue weighted by molar-refractivity contribution is -0.122. The lowest BCUT2D eigenvalue weighted by Crippen LogP contribution is -2.29. The van der Waals surface area contributed by atoms with Crippen molar-refractivity contribution in [1.82, 2.24) is 9.78 Å². The van der Waals surface area contributed by atoms with E-state index < -0.39 is 0 Å². The van der Waals surface area contributed by atoms with Crippen LogP contribution in [0, 0.1) is 12.8 Å². The van der Waals surface area contributed by atoms with Gasteiger partial charge in [0, 0.05) is 30.1 Å². The molecule has 0 saturated carbocycles. The van der Waals surface area contributed by atoms with E-state index in [1.54, 1.807) is 0 Å². The Morgan fingerprint density at radius 3 is 2.44 bits per heavy atom. The van der Waals surface area contributed by atoms with Gasteiger partial charge in [-0.15, -0.1) is 0 Å². The summed E-state index contributed by atoms with van der Waals surface area (Å²) in [6.07, 6.45) is 1.55. The first-order chi connectivity index (χ1) is 11.9. The summed E-state index contributed by atoms with van der Waals surface area (Å²) >= 11 is 0. The molecule has 0 radical (unpaired) electrons. The van der Waals surface area contributed by atoms with Gasteiger partial charge in [0.05, 0.1) is 11.4 Å². The van der Waals surface area contributed by atoms with Crippen LogP contribution in [0.1, 0.15) is 44.9 Å². The summed E-state index contributed by atoms with van der Waals surface area (Å²) in [5.74, 6) is 0.835. The molecule has 2 heterocycles. The number of hydrogen-bond acceptors (Lipinski definition) is 3. The van der Waals surface area contributed by atoms with Crippen molar-refractivity contribution in [1.29, 1.82) is 0 Å². The maximum atomic E-state index is 12.8. The average molecular weight is 341 g/mol. The van der Waals surface area contributed by atoms with E-state index in [0.717, 1.165) is 35.6 Å². The molecule has 5 heteroatoms. The number of carbonyl (C=O) groups is 1. The maximum Gasteiger partial charge on any atom is 0.228 e. The van der Waals surface area contributed by atoms with Crippen LogP contribution in [0.15, 0.2) is 30.3 Å². The number of para-hydroxylation sites is 1. The molecule has 1 aromatic carbocycles. The third kappa shape index (κ3) is 3.76. The van der Waals surface area contributed by atoms with Crippen molar-refractivity contribution in [3.8, 4) is 5.69 Å². The Bertz CT molecular complexity index is 738. The van der Waals surface area contributed by atoms with Gasteiger partial charge in [-0.05, 0) is 31.9 Å². The van der Waals surface area contributed by atoms with Crippen LogP contribution in [0.4, 0.5) is 5.82 Å². The summed E-state index contributed by atoms with van der Waals surface area (Å²) in [7, 11) is 0. The smallest absolute Gasteiger partial charge is 0.228 e. The van der Waals surface area contributed by atoms with Crippen LogP contribution in [-0.2, 0) is 14.9 Å². The fourth-order valence-corrected chi connectivity index (χ4v) is 3.29. The topological polar surface area (TPSA) is 56.2 Å². The summed E-state index contributed by atoms with van der Waals surface area (Å²) < 4.78 is 7.22. The first-order valence-electron chi connectivity index (χ1n) is 8.92. The van der Waals surface area contributed by atoms with Gasteiger partial charge in [0.1, 0.15) is 5.82 Å². The predicted molar refractivity (Wildman–Crippen MR) is 99.2 cm³/mol. The van der Waals surface area contributed by atoms with E-state index in [-0.39, 0.29) is 17.2 Å². The minimum atomic E-state index is -0.0950. The van der Waals surface area contributed by atoms with Gasteiger partial charge in [-0.2, -0.15) is 5.10 Å². The maximum absolute atomic E-state index is 12.8. The molecule has 134 valence electrons. The zero-order valence-electron chi connectivity index (χ0n) is 15.5. The van der Waals surface area contributed by atoms with E-state index in [1.807, 2.05) is 41.9 Å². The quantitative estimate of drug-likeness (QED) is 0.923. The minimum Gasteiger partial charge on any atom is -0.381 e. The number of ether oxygens (including phenoxy) is 1. The fourth-order valence-electron chi connectivity index (χ4n) is 3.29. The minimum absolute atomic E-state index is 0.00496. The highest BCUT2D eigenvalue weighted by Gasteiger charge is 2.28. The van der Waals surface area contributed by atoms with E-state index >= 15 is 0 Å². The number of nitrogens with zero attached hydrogens (tertiary/aromatic N) is 2. The predicted octanol–water partition coefficient (Wildman–Crippen LogP) is 3.84. The largest absolute Gasteiger partial charge is 0.381 e. The van der Waals surface area contributed by atoms with Gasteiger partial charge in [-0.25, -0.2) is 4.68 Å². The molecular weight excluding hydrogens is 314 g/mol. The Morgan fingerprint density at radius 1 is 1.20 bits per heavy atom. The van der Waals surface area contributed by atoms with Gasteiger partial charge < -0.3 is 10.1 Å². The molecule has 5 nitrogen and oxygen atoms in total. The molecule has 0 spiro atoms. The summed E-state index contributed by atoms with van der Waals surface area (Å²) in [5, 5.41) is 7.97. The monoisotopic (exact) mass is 341 g/mol. The number of anilines is 1. The molecule has 0 aliphatic carbocycles. The van der Waals surface area contributed by atoms with Crippen LogP contribution in [0.5, 0.6) is 0 Å². The Balaban J connectivity index is 1.98. The van der Waals surface area contributed by atoms with Crippen LogP contribution in [0.3, 0.4) is 0 Å². The standard InChI is InChI=1S/C20H27N3O2/c1-14-17(20(2,3)4)22-23(16-8-6-5-7-9-16)18(14)21-19(24)15-10-12-25-13-11-15/h5-9,15H,10-13H2,1-4H3,(H,21,24). The molecule has 25 heavy (non-hydrogen) atoms. The molecule has 1 aromatic heterocycles. The first kappa shape index (κ1) is 17.7. The highest BCUT2D eigenvalue weighted by atomic mass is 16.5. The number of amides is 1. The third-order valence-corrected chi connectivity index (χ3v) is 4.67. The lowest BCUT2D eigenvalue weighted by atomic mass is 9.90. The summed E-state index contributed by atoms with van der Waals surface area (Å²) in [6, 6.07) is 9.94. The molecule has 3 rings (SSSR count). The molecule has 2 aromatic rings. The Hall–Kier alpha value is -2.14. The highest BCUT2D eigenvalue weighted by Crippen LogP contribution is 2.32. The highest BCUT2D eigenvalue weighted by molar-refractivity contribution is 5.93. The molecular formula is C20H27N3O2. The van der Waals surface area contributed by atoms with Crippen LogP contribution in [-0.4, -0.2) is 28.9 Å². The van der Waals surface area contributed by atoms with E-state index in [9.17, 15) is 4.79 Å². The van der Waals surface area contributed by atoms with Gasteiger partial charge in [0.15, 0.2) is 0 Å². The second kappa shape index (κ2) is 7.00. The van der Waals surface area contributed by atoms with E-state index in [2.05, 4.69) is 26.1 Å². The number of rotatable bonds is 3. The lowest BCUT2D eigenvalue weighted by Gasteiger charge is -2.21. The Morgan fingerprint density at radius 2 is 1.84 bits per heavy atom. The van der Waals surface area contributed by atoms with Crippen LogP contribution in [0.25, 0.3) is 5.69 Å². The van der Waals surface area contributed by atoms with Crippen molar-refractivity contribution in [2.24, 2.45) is 5.92 Å². The van der Waals surface area contributed by atoms with E-state index in [4.69, 9.17) is 9.84 Å². The molecule has 1 aliphatic heterocycles. The molecule has 1 aliphatic rings.